The first-order valence-corrected chi connectivity index (χ1v) is 24.0. The van der Waals surface area contributed by atoms with Crippen molar-refractivity contribution in [1.29, 1.82) is 0 Å². The van der Waals surface area contributed by atoms with E-state index in [9.17, 15) is 0 Å². The highest BCUT2D eigenvalue weighted by Crippen LogP contribution is 2.61. The van der Waals surface area contributed by atoms with Crippen LogP contribution in [-0.4, -0.2) is 11.4 Å². The Hall–Kier alpha value is -6.78. The van der Waals surface area contributed by atoms with Crippen molar-refractivity contribution in [2.24, 2.45) is 0 Å². The van der Waals surface area contributed by atoms with Crippen LogP contribution in [0.25, 0.3) is 82.8 Å². The average molecular weight is 853 g/mol. The Kier molecular flexibility index (Phi) is 7.09. The fourth-order valence-corrected chi connectivity index (χ4v) is 13.1. The maximum Gasteiger partial charge on any atom is 0.333 e. The molecule has 0 atom stereocenters. The SMILES string of the molecule is CC(C)(C)c1ccc(N2B3c4cc5oc6ccccc6c5cc4-n4c5ccc(C(C)(C)C)cc5c5c6c(c(c3c54)-c3cc4c(cc32)-c2ccccc2C4(C)C)C(C)(C)c2ccccc2-6)cc1. The van der Waals surface area contributed by atoms with Crippen molar-refractivity contribution < 1.29 is 4.42 Å². The number of anilines is 2. The van der Waals surface area contributed by atoms with Crippen molar-refractivity contribution in [3.63, 3.8) is 0 Å². The van der Waals surface area contributed by atoms with E-state index in [1.807, 2.05) is 0 Å². The van der Waals surface area contributed by atoms with Gasteiger partial charge >= 0.3 is 6.85 Å². The Labute approximate surface area is 387 Å². The van der Waals surface area contributed by atoms with Gasteiger partial charge in [-0.05, 0) is 138 Å². The zero-order chi connectivity index (χ0) is 45.1. The highest BCUT2D eigenvalue weighted by molar-refractivity contribution is 6.94. The van der Waals surface area contributed by atoms with E-state index in [1.165, 1.54) is 117 Å². The average Bonchev–Trinajstić information content (AvgIpc) is 3.97. The number of benzene rings is 8. The Morgan fingerprint density at radius 2 is 1.17 bits per heavy atom. The Morgan fingerprint density at radius 3 is 1.91 bits per heavy atom. The third-order valence-electron chi connectivity index (χ3n) is 16.4. The van der Waals surface area contributed by atoms with Gasteiger partial charge in [0.2, 0.25) is 0 Å². The van der Waals surface area contributed by atoms with Crippen LogP contribution in [0.2, 0.25) is 0 Å². The standard InChI is InChI=1S/C62H53BN2O/c1-59(2,3)34-23-26-36(27-24-34)65-49-31-40-37-17-11-14-20-44(37)61(7,8)46(40)30-43(49)55-56-53(39-19-12-15-21-45(39)62(56,9)10)54-42-29-35(60(4,5)6)25-28-48(42)64-50-32-41-38-18-13-16-22-51(38)66-52(41)33-47(50)63(65)57(55)58(54)64/h11-33H,1-10H3. The molecular weight excluding hydrogens is 800 g/mol. The van der Waals surface area contributed by atoms with Gasteiger partial charge in [-0.25, -0.2) is 0 Å². The molecule has 14 rings (SSSR count). The van der Waals surface area contributed by atoms with E-state index in [-0.39, 0.29) is 28.5 Å². The molecule has 4 heterocycles. The number of nitrogens with zero attached hydrogens (tertiary/aromatic N) is 2. The molecule has 0 unspecified atom stereocenters. The maximum atomic E-state index is 6.85. The van der Waals surface area contributed by atoms with Crippen LogP contribution in [0.1, 0.15) is 103 Å². The minimum atomic E-state index is -0.277. The predicted molar refractivity (Wildman–Crippen MR) is 280 cm³/mol. The number of furan rings is 1. The lowest BCUT2D eigenvalue weighted by Gasteiger charge is -2.44. The van der Waals surface area contributed by atoms with Gasteiger partial charge in [0.1, 0.15) is 11.2 Å². The fourth-order valence-electron chi connectivity index (χ4n) is 13.1. The number of para-hydroxylation sites is 1. The second kappa shape index (κ2) is 12.2. The smallest absolute Gasteiger partial charge is 0.333 e. The number of hydrogen-bond acceptors (Lipinski definition) is 2. The molecule has 0 fully saturated rings. The lowest BCUT2D eigenvalue weighted by molar-refractivity contribution is 0.590. The normalized spacial score (nSPS) is 15.9. The molecule has 0 N–H and O–H groups in total. The second-order valence-electron chi connectivity index (χ2n) is 22.9. The van der Waals surface area contributed by atoms with Gasteiger partial charge in [-0.3, -0.25) is 0 Å². The van der Waals surface area contributed by atoms with Crippen molar-refractivity contribution in [2.45, 2.75) is 90.9 Å². The highest BCUT2D eigenvalue weighted by Gasteiger charge is 2.51. The number of fused-ring (bicyclic) bond motifs is 19. The molecule has 4 aliphatic rings. The zero-order valence-corrected chi connectivity index (χ0v) is 39.7. The minimum Gasteiger partial charge on any atom is -0.456 e. The molecule has 4 heteroatoms. The summed E-state index contributed by atoms with van der Waals surface area (Å²) in [7, 11) is 0. The summed E-state index contributed by atoms with van der Waals surface area (Å²) >= 11 is 0. The number of aromatic nitrogens is 1. The summed E-state index contributed by atoms with van der Waals surface area (Å²) in [5.41, 5.74) is 26.7. The molecule has 2 aromatic heterocycles. The van der Waals surface area contributed by atoms with Crippen molar-refractivity contribution in [2.75, 3.05) is 4.81 Å². The van der Waals surface area contributed by atoms with Gasteiger partial charge in [0, 0.05) is 55.0 Å². The third-order valence-corrected chi connectivity index (χ3v) is 16.4. The molecule has 66 heavy (non-hydrogen) atoms. The van der Waals surface area contributed by atoms with Gasteiger partial charge in [-0.1, -0.05) is 154 Å². The van der Waals surface area contributed by atoms with Crippen molar-refractivity contribution >= 4 is 72.9 Å². The van der Waals surface area contributed by atoms with Crippen LogP contribution in [0.5, 0.6) is 0 Å². The van der Waals surface area contributed by atoms with E-state index < -0.39 is 0 Å². The lowest BCUT2D eigenvalue weighted by atomic mass is 9.43. The van der Waals surface area contributed by atoms with E-state index in [0.29, 0.717) is 0 Å². The van der Waals surface area contributed by atoms with Gasteiger partial charge in [0.25, 0.3) is 0 Å². The maximum absolute atomic E-state index is 6.85. The van der Waals surface area contributed by atoms with E-state index in [4.69, 9.17) is 4.42 Å². The molecule has 8 aromatic carbocycles. The quantitative estimate of drug-likeness (QED) is 0.153. The highest BCUT2D eigenvalue weighted by atomic mass is 16.3. The van der Waals surface area contributed by atoms with Gasteiger partial charge < -0.3 is 13.8 Å². The first kappa shape index (κ1) is 38.5. The Bertz CT molecular complexity index is 3840. The first-order chi connectivity index (χ1) is 31.5. The second-order valence-corrected chi connectivity index (χ2v) is 22.9. The third kappa shape index (κ3) is 4.65. The van der Waals surface area contributed by atoms with E-state index in [1.54, 1.807) is 0 Å². The molecule has 0 radical (unpaired) electrons. The summed E-state index contributed by atoms with van der Waals surface area (Å²) in [6.45, 7) is 23.7. The minimum absolute atomic E-state index is 0.0194. The Morgan fingerprint density at radius 1 is 0.500 bits per heavy atom. The summed E-state index contributed by atoms with van der Waals surface area (Å²) in [5, 5.41) is 4.99. The van der Waals surface area contributed by atoms with Crippen molar-refractivity contribution in [3.05, 3.63) is 173 Å². The zero-order valence-electron chi connectivity index (χ0n) is 39.7. The van der Waals surface area contributed by atoms with Crippen LogP contribution in [0.3, 0.4) is 0 Å². The molecule has 2 aliphatic carbocycles. The van der Waals surface area contributed by atoms with Crippen LogP contribution >= 0.6 is 0 Å². The van der Waals surface area contributed by atoms with Crippen LogP contribution in [-0.2, 0) is 21.7 Å². The van der Waals surface area contributed by atoms with E-state index in [0.717, 1.165) is 21.9 Å². The summed E-state index contributed by atoms with van der Waals surface area (Å²) in [6, 6.07) is 53.9. The molecule has 320 valence electrons. The molecule has 10 aromatic rings. The molecular formula is C62H53BN2O. The van der Waals surface area contributed by atoms with Crippen molar-refractivity contribution in [3.8, 4) is 39.1 Å². The molecule has 0 saturated heterocycles. The number of rotatable bonds is 1. The lowest BCUT2D eigenvalue weighted by Crippen LogP contribution is -2.61. The van der Waals surface area contributed by atoms with Gasteiger partial charge in [0.05, 0.1) is 11.0 Å². The summed E-state index contributed by atoms with van der Waals surface area (Å²) in [5.74, 6) is 0. The predicted octanol–water partition coefficient (Wildman–Crippen LogP) is 15.1. The monoisotopic (exact) mass is 852 g/mol. The summed E-state index contributed by atoms with van der Waals surface area (Å²) in [4.78, 5) is 2.72. The molecule has 2 aliphatic heterocycles. The first-order valence-electron chi connectivity index (χ1n) is 24.0. The molecule has 0 bridgehead atoms. The van der Waals surface area contributed by atoms with E-state index >= 15 is 0 Å². The van der Waals surface area contributed by atoms with E-state index in [2.05, 4.69) is 218 Å². The van der Waals surface area contributed by atoms with Crippen LogP contribution in [0.4, 0.5) is 11.4 Å². The topological polar surface area (TPSA) is 21.3 Å². The van der Waals surface area contributed by atoms with Gasteiger partial charge in [-0.2, -0.15) is 0 Å². The molecule has 3 nitrogen and oxygen atoms in total. The molecule has 0 saturated carbocycles. The van der Waals surface area contributed by atoms with Crippen LogP contribution in [0, 0.1) is 0 Å². The summed E-state index contributed by atoms with van der Waals surface area (Å²) in [6.07, 6.45) is 0. The summed E-state index contributed by atoms with van der Waals surface area (Å²) < 4.78 is 9.51. The van der Waals surface area contributed by atoms with Gasteiger partial charge in [0.15, 0.2) is 0 Å². The fraction of sp³-hybridized carbons (Fsp3) is 0.226. The van der Waals surface area contributed by atoms with Crippen molar-refractivity contribution in [1.82, 2.24) is 4.57 Å². The molecule has 0 spiro atoms. The van der Waals surface area contributed by atoms with Crippen LogP contribution < -0.4 is 15.7 Å². The molecule has 0 amide bonds. The Balaban J connectivity index is 1.23. The van der Waals surface area contributed by atoms with Gasteiger partial charge in [-0.15, -0.1) is 0 Å². The van der Waals surface area contributed by atoms with Crippen LogP contribution in [0.15, 0.2) is 144 Å². The largest absolute Gasteiger partial charge is 0.456 e. The number of hydrogen-bond donors (Lipinski definition) is 0.